The van der Waals surface area contributed by atoms with Crippen LogP contribution in [0.5, 0.6) is 0 Å². The van der Waals surface area contributed by atoms with Gasteiger partial charge in [-0.2, -0.15) is 0 Å². The number of nitrogens with one attached hydrogen (secondary N) is 1. The Morgan fingerprint density at radius 2 is 1.92 bits per heavy atom. The van der Waals surface area contributed by atoms with Gasteiger partial charge in [-0.15, -0.1) is 0 Å². The van der Waals surface area contributed by atoms with Crippen LogP contribution in [0.3, 0.4) is 0 Å². The smallest absolute Gasteiger partial charge is 0.169 e. The Bertz CT molecular complexity index is 334. The topological polar surface area (TPSA) is 40.9 Å². The van der Waals surface area contributed by atoms with Crippen LogP contribution in [0.4, 0.5) is 0 Å². The zero-order valence-corrected chi connectivity index (χ0v) is 6.79. The lowest BCUT2D eigenvalue weighted by molar-refractivity contribution is -0.111. The highest BCUT2D eigenvalue weighted by Crippen LogP contribution is 2.10. The molecule has 0 aromatic heterocycles. The van der Waals surface area contributed by atoms with Gasteiger partial charge in [0.1, 0.15) is 0 Å². The van der Waals surface area contributed by atoms with Crippen molar-refractivity contribution in [3.63, 3.8) is 0 Å². The fraction of sp³-hybridized carbons (Fsp3) is 0.100. The van der Waals surface area contributed by atoms with E-state index in [0.717, 1.165) is 5.56 Å². The molecule has 0 radical (unpaired) electrons. The molecule has 1 aromatic carbocycles. The van der Waals surface area contributed by atoms with Gasteiger partial charge in [0.25, 0.3) is 0 Å². The summed E-state index contributed by atoms with van der Waals surface area (Å²) in [5, 5.41) is 6.92. The molecule has 2 nitrogen and oxygen atoms in total. The Balaban J connectivity index is 3.14. The summed E-state index contributed by atoms with van der Waals surface area (Å²) in [5.74, 6) is 2.01. The molecule has 1 aromatic rings. The molecule has 1 N–H and O–H groups in total. The highest BCUT2D eigenvalue weighted by atomic mass is 16.1. The van der Waals surface area contributed by atoms with E-state index in [-0.39, 0.29) is 5.78 Å². The Labute approximate surface area is 71.0 Å². The van der Waals surface area contributed by atoms with Crippen molar-refractivity contribution in [3.05, 3.63) is 35.9 Å². The number of hydrogen-bond donors (Lipinski definition) is 1. The molecule has 0 aliphatic carbocycles. The van der Waals surface area contributed by atoms with E-state index in [2.05, 4.69) is 5.87 Å². The first-order valence-corrected chi connectivity index (χ1v) is 3.61. The lowest BCUT2D eigenvalue weighted by Gasteiger charge is -1.97. The van der Waals surface area contributed by atoms with Crippen molar-refractivity contribution in [1.82, 2.24) is 0 Å². The summed E-state index contributed by atoms with van der Waals surface area (Å²) in [6, 6.07) is 9.10. The number of carbonyl (C=O) groups excluding carboxylic acids is 1. The second-order valence-corrected chi connectivity index (χ2v) is 2.42. The summed E-state index contributed by atoms with van der Waals surface area (Å²) in [5.41, 5.74) is 1.08. The molecule has 1 rings (SSSR count). The van der Waals surface area contributed by atoms with Gasteiger partial charge in [-0.3, -0.25) is 10.2 Å². The van der Waals surface area contributed by atoms with Crippen LogP contribution in [0.1, 0.15) is 12.5 Å². The zero-order chi connectivity index (χ0) is 8.97. The first-order valence-electron chi connectivity index (χ1n) is 3.61. The average molecular weight is 159 g/mol. The van der Waals surface area contributed by atoms with Crippen LogP contribution in [-0.4, -0.2) is 11.7 Å². The van der Waals surface area contributed by atoms with Gasteiger partial charge in [-0.1, -0.05) is 30.3 Å². The first kappa shape index (κ1) is 8.44. The van der Waals surface area contributed by atoms with E-state index in [0.29, 0.717) is 5.57 Å². The lowest BCUT2D eigenvalue weighted by atomic mass is 10.0. The van der Waals surface area contributed by atoms with Gasteiger partial charge in [-0.05, 0) is 18.4 Å². The summed E-state index contributed by atoms with van der Waals surface area (Å²) in [6.45, 7) is 1.43. The third-order valence-electron chi connectivity index (χ3n) is 1.54. The molecule has 0 saturated heterocycles. The fourth-order valence-electron chi connectivity index (χ4n) is 0.968. The summed E-state index contributed by atoms with van der Waals surface area (Å²) >= 11 is 0. The SMILES string of the molecule is CC(=O)C(=C=N)c1ccccc1. The van der Waals surface area contributed by atoms with Crippen molar-refractivity contribution in [2.75, 3.05) is 0 Å². The summed E-state index contributed by atoms with van der Waals surface area (Å²) in [7, 11) is 0. The van der Waals surface area contributed by atoms with Crippen molar-refractivity contribution in [2.45, 2.75) is 6.92 Å². The van der Waals surface area contributed by atoms with E-state index in [1.807, 2.05) is 18.2 Å². The van der Waals surface area contributed by atoms with Gasteiger partial charge in [0.15, 0.2) is 5.78 Å². The van der Waals surface area contributed by atoms with Crippen molar-refractivity contribution >= 4 is 17.2 Å². The van der Waals surface area contributed by atoms with E-state index in [9.17, 15) is 4.79 Å². The van der Waals surface area contributed by atoms with Crippen LogP contribution in [0.15, 0.2) is 30.3 Å². The third-order valence-corrected chi connectivity index (χ3v) is 1.54. The Morgan fingerprint density at radius 3 is 2.33 bits per heavy atom. The maximum atomic E-state index is 11.0. The van der Waals surface area contributed by atoms with Crippen molar-refractivity contribution in [2.24, 2.45) is 0 Å². The molecule has 2 heteroatoms. The Hall–Kier alpha value is -1.66. The minimum atomic E-state index is -0.129. The molecule has 0 aliphatic rings. The molecule has 0 saturated carbocycles. The van der Waals surface area contributed by atoms with Crippen molar-refractivity contribution in [1.29, 1.82) is 5.41 Å². The number of allylic oxidation sites excluding steroid dienone is 1. The highest BCUT2D eigenvalue weighted by molar-refractivity contribution is 6.27. The monoisotopic (exact) mass is 159 g/mol. The summed E-state index contributed by atoms with van der Waals surface area (Å²) in [4.78, 5) is 11.0. The Kier molecular flexibility index (Phi) is 2.57. The van der Waals surface area contributed by atoms with Crippen molar-refractivity contribution < 1.29 is 4.79 Å². The van der Waals surface area contributed by atoms with Crippen LogP contribution < -0.4 is 0 Å². The van der Waals surface area contributed by atoms with Crippen LogP contribution >= 0.6 is 0 Å². The molecule has 0 aliphatic heterocycles. The number of carbonyl (C=O) groups is 1. The maximum Gasteiger partial charge on any atom is 0.169 e. The predicted octanol–water partition coefficient (Wildman–Crippen LogP) is 1.91. The quantitative estimate of drug-likeness (QED) is 0.519. The molecular formula is C10H9NO. The third kappa shape index (κ3) is 1.68. The van der Waals surface area contributed by atoms with E-state index in [4.69, 9.17) is 5.41 Å². The van der Waals surface area contributed by atoms with Gasteiger partial charge in [0, 0.05) is 0 Å². The van der Waals surface area contributed by atoms with Crippen molar-refractivity contribution in [3.8, 4) is 0 Å². The average Bonchev–Trinajstić information content (AvgIpc) is 2.07. The fourth-order valence-corrected chi connectivity index (χ4v) is 0.968. The van der Waals surface area contributed by atoms with E-state index < -0.39 is 0 Å². The van der Waals surface area contributed by atoms with Gasteiger partial charge < -0.3 is 0 Å². The van der Waals surface area contributed by atoms with E-state index >= 15 is 0 Å². The van der Waals surface area contributed by atoms with Gasteiger partial charge in [-0.25, -0.2) is 0 Å². The minimum Gasteiger partial charge on any atom is -0.294 e. The molecular weight excluding hydrogens is 150 g/mol. The molecule has 0 atom stereocenters. The molecule has 60 valence electrons. The van der Waals surface area contributed by atoms with Crippen LogP contribution in [0.25, 0.3) is 5.57 Å². The van der Waals surface area contributed by atoms with Gasteiger partial charge >= 0.3 is 0 Å². The normalized spacial score (nSPS) is 8.75. The lowest BCUT2D eigenvalue weighted by Crippen LogP contribution is -1.95. The molecule has 0 unspecified atom stereocenters. The maximum absolute atomic E-state index is 11.0. The molecule has 0 heterocycles. The number of hydrogen-bond acceptors (Lipinski definition) is 2. The van der Waals surface area contributed by atoms with Crippen LogP contribution in [0.2, 0.25) is 0 Å². The van der Waals surface area contributed by atoms with Crippen LogP contribution in [0, 0.1) is 5.41 Å². The predicted molar refractivity (Wildman–Crippen MR) is 48.3 cm³/mol. The molecule has 0 fully saturated rings. The number of ketones is 1. The molecule has 0 bridgehead atoms. The zero-order valence-electron chi connectivity index (χ0n) is 6.79. The van der Waals surface area contributed by atoms with Gasteiger partial charge in [0.05, 0.1) is 5.57 Å². The second-order valence-electron chi connectivity index (χ2n) is 2.42. The number of benzene rings is 1. The molecule has 0 spiro atoms. The summed E-state index contributed by atoms with van der Waals surface area (Å²) < 4.78 is 0. The number of rotatable bonds is 2. The molecule has 0 amide bonds. The second kappa shape index (κ2) is 3.65. The Morgan fingerprint density at radius 1 is 1.33 bits per heavy atom. The standard InChI is InChI=1S/C10H9NO/c1-8(12)10(7-11)9-5-3-2-4-6-9/h2-6,11H,1H3. The minimum absolute atomic E-state index is 0.129. The summed E-state index contributed by atoms with van der Waals surface area (Å²) in [6.07, 6.45) is 0. The first-order chi connectivity index (χ1) is 5.75. The molecule has 12 heavy (non-hydrogen) atoms. The number of Topliss-reactive ketones (excluding diaryl/α,β-unsaturated/α-hetero) is 1. The highest BCUT2D eigenvalue weighted by Gasteiger charge is 2.04. The van der Waals surface area contributed by atoms with E-state index in [1.54, 1.807) is 12.1 Å². The van der Waals surface area contributed by atoms with E-state index in [1.165, 1.54) is 6.92 Å². The van der Waals surface area contributed by atoms with Crippen LogP contribution in [-0.2, 0) is 4.79 Å². The van der Waals surface area contributed by atoms with Gasteiger partial charge in [0.2, 0.25) is 0 Å². The largest absolute Gasteiger partial charge is 0.294 e.